The summed E-state index contributed by atoms with van der Waals surface area (Å²) < 4.78 is 36.4. The molecule has 0 aromatic heterocycles. The Balaban J connectivity index is 3.23. The third-order valence-corrected chi connectivity index (χ3v) is 4.84. The average Bonchev–Trinajstić information content (AvgIpc) is 2.62. The minimum Gasteiger partial charge on any atom is -0.379 e. The molecule has 6 nitrogen and oxygen atoms in total. The van der Waals surface area contributed by atoms with Crippen LogP contribution in [0.5, 0.6) is 0 Å². The van der Waals surface area contributed by atoms with Crippen LogP contribution in [0, 0.1) is 0 Å². The summed E-state index contributed by atoms with van der Waals surface area (Å²) >= 11 is 0. The zero-order valence-electron chi connectivity index (χ0n) is 16.9. The second-order valence-electron chi connectivity index (χ2n) is 6.56. The van der Waals surface area contributed by atoms with Crippen LogP contribution in [-0.4, -0.2) is 34.8 Å². The van der Waals surface area contributed by atoms with Gasteiger partial charge >= 0.3 is 10.4 Å². The van der Waals surface area contributed by atoms with Crippen LogP contribution >= 0.6 is 0 Å². The van der Waals surface area contributed by atoms with Crippen LogP contribution in [0.15, 0.2) is 0 Å². The summed E-state index contributed by atoms with van der Waals surface area (Å²) in [6.07, 6.45) is 16.4. The summed E-state index contributed by atoms with van der Waals surface area (Å²) in [6.45, 7) is 4.98. The van der Waals surface area contributed by atoms with Gasteiger partial charge in [-0.3, -0.25) is 0 Å². The average molecular weight is 397 g/mol. The van der Waals surface area contributed by atoms with Gasteiger partial charge in [0, 0.05) is 6.61 Å². The molecule has 158 valence electrons. The van der Waals surface area contributed by atoms with Gasteiger partial charge in [0.25, 0.3) is 0 Å². The van der Waals surface area contributed by atoms with Gasteiger partial charge in [0.2, 0.25) is 0 Å². The number of ether oxygens (including phenoxy) is 1. The first-order chi connectivity index (χ1) is 12.6. The predicted octanol–water partition coefficient (Wildman–Crippen LogP) is 5.32. The van der Waals surface area contributed by atoms with Gasteiger partial charge < -0.3 is 4.74 Å². The van der Waals surface area contributed by atoms with Gasteiger partial charge in [0.05, 0.1) is 19.8 Å². The minimum atomic E-state index is -4.08. The van der Waals surface area contributed by atoms with Gasteiger partial charge in [-0.25, -0.2) is 9.07 Å². The maximum atomic E-state index is 11.3. The molecule has 0 atom stereocenters. The molecule has 0 bridgehead atoms. The van der Waals surface area contributed by atoms with E-state index in [1.807, 2.05) is 6.92 Å². The largest absolute Gasteiger partial charge is 0.426 e. The number of hydrogen-bond acceptors (Lipinski definition) is 6. The van der Waals surface area contributed by atoms with Crippen LogP contribution < -0.4 is 0 Å². The SMILES string of the molecule is CCCCCCCCCCCCCCCOOS(=O)(=O)OCCOCC. The molecule has 0 rings (SSSR count). The molecule has 0 saturated carbocycles. The number of unbranched alkanes of at least 4 members (excludes halogenated alkanes) is 12. The van der Waals surface area contributed by atoms with E-state index in [9.17, 15) is 8.42 Å². The van der Waals surface area contributed by atoms with Crippen molar-refractivity contribution in [2.45, 2.75) is 97.3 Å². The highest BCUT2D eigenvalue weighted by Gasteiger charge is 2.12. The lowest BCUT2D eigenvalue weighted by Gasteiger charge is -2.06. The normalized spacial score (nSPS) is 11.9. The van der Waals surface area contributed by atoms with Crippen molar-refractivity contribution in [3.05, 3.63) is 0 Å². The van der Waals surface area contributed by atoms with Crippen molar-refractivity contribution < 1.29 is 26.6 Å². The van der Waals surface area contributed by atoms with E-state index in [-0.39, 0.29) is 19.8 Å². The first kappa shape index (κ1) is 25.8. The number of hydrogen-bond donors (Lipinski definition) is 0. The zero-order valence-corrected chi connectivity index (χ0v) is 17.7. The van der Waals surface area contributed by atoms with E-state index in [0.717, 1.165) is 19.3 Å². The van der Waals surface area contributed by atoms with Gasteiger partial charge in [-0.1, -0.05) is 88.3 Å². The lowest BCUT2D eigenvalue weighted by molar-refractivity contribution is -0.210. The van der Waals surface area contributed by atoms with Crippen molar-refractivity contribution in [1.82, 2.24) is 0 Å². The monoisotopic (exact) mass is 396 g/mol. The third-order valence-electron chi connectivity index (χ3n) is 4.12. The van der Waals surface area contributed by atoms with E-state index in [1.165, 1.54) is 64.2 Å². The summed E-state index contributed by atoms with van der Waals surface area (Å²) in [5, 5.41) is 0. The van der Waals surface area contributed by atoms with Crippen LogP contribution in [0.1, 0.15) is 97.3 Å². The molecule has 7 heteroatoms. The summed E-state index contributed by atoms with van der Waals surface area (Å²) in [4.78, 5) is 4.70. The fourth-order valence-corrected chi connectivity index (χ4v) is 3.13. The lowest BCUT2D eigenvalue weighted by Crippen LogP contribution is -2.14. The Morgan fingerprint density at radius 2 is 1.12 bits per heavy atom. The number of rotatable bonds is 21. The van der Waals surface area contributed by atoms with Crippen molar-refractivity contribution >= 4 is 10.4 Å². The molecule has 0 unspecified atom stereocenters. The second kappa shape index (κ2) is 19.5. The Labute approximate surface area is 161 Å². The van der Waals surface area contributed by atoms with E-state index in [0.29, 0.717) is 6.61 Å². The maximum Gasteiger partial charge on any atom is 0.426 e. The summed E-state index contributed by atoms with van der Waals surface area (Å²) in [5.74, 6) is 0. The Bertz CT molecular complexity index is 372. The van der Waals surface area contributed by atoms with Crippen molar-refractivity contribution in [2.75, 3.05) is 26.4 Å². The van der Waals surface area contributed by atoms with Gasteiger partial charge in [-0.05, 0) is 13.3 Å². The van der Waals surface area contributed by atoms with Crippen molar-refractivity contribution in [1.29, 1.82) is 0 Å². The van der Waals surface area contributed by atoms with Crippen molar-refractivity contribution in [3.63, 3.8) is 0 Å². The van der Waals surface area contributed by atoms with E-state index >= 15 is 0 Å². The minimum absolute atomic E-state index is 0.0712. The molecule has 0 heterocycles. The lowest BCUT2D eigenvalue weighted by atomic mass is 10.0. The van der Waals surface area contributed by atoms with Crippen LogP contribution in [0.25, 0.3) is 0 Å². The van der Waals surface area contributed by atoms with Crippen LogP contribution in [-0.2, 0) is 28.5 Å². The highest BCUT2D eigenvalue weighted by molar-refractivity contribution is 7.81. The highest BCUT2D eigenvalue weighted by Crippen LogP contribution is 2.12. The van der Waals surface area contributed by atoms with E-state index < -0.39 is 10.4 Å². The zero-order chi connectivity index (χ0) is 19.3. The molecule has 0 N–H and O–H groups in total. The van der Waals surface area contributed by atoms with Gasteiger partial charge in [-0.15, -0.1) is 0 Å². The Morgan fingerprint density at radius 3 is 1.62 bits per heavy atom. The second-order valence-corrected chi connectivity index (χ2v) is 7.75. The molecule has 0 aliphatic heterocycles. The third kappa shape index (κ3) is 20.1. The standard InChI is InChI=1S/C19H40O6S/c1-3-5-6-7-8-9-10-11-12-13-14-15-16-17-23-25-26(20,21)24-19-18-22-4-2/h3-19H2,1-2H3. The summed E-state index contributed by atoms with van der Waals surface area (Å²) in [7, 11) is -4.08. The Kier molecular flexibility index (Phi) is 19.4. The van der Waals surface area contributed by atoms with E-state index in [1.54, 1.807) is 0 Å². The fraction of sp³-hybridized carbons (Fsp3) is 1.00. The fourth-order valence-electron chi connectivity index (χ4n) is 2.63. The summed E-state index contributed by atoms with van der Waals surface area (Å²) in [5.41, 5.74) is 0. The Morgan fingerprint density at radius 1 is 0.615 bits per heavy atom. The molecular formula is C19H40O6S. The summed E-state index contributed by atoms with van der Waals surface area (Å²) in [6, 6.07) is 0. The topological polar surface area (TPSA) is 71.1 Å². The maximum absolute atomic E-state index is 11.3. The molecular weight excluding hydrogens is 356 g/mol. The van der Waals surface area contributed by atoms with Crippen LogP contribution in [0.2, 0.25) is 0 Å². The predicted molar refractivity (Wildman–Crippen MR) is 104 cm³/mol. The molecule has 0 aliphatic carbocycles. The molecule has 0 aromatic carbocycles. The first-order valence-corrected chi connectivity index (χ1v) is 11.7. The van der Waals surface area contributed by atoms with Crippen molar-refractivity contribution in [2.24, 2.45) is 0 Å². The quantitative estimate of drug-likeness (QED) is 0.148. The molecule has 26 heavy (non-hydrogen) atoms. The Hall–Kier alpha value is -0.210. The molecule has 0 amide bonds. The van der Waals surface area contributed by atoms with Gasteiger partial charge in [-0.2, -0.15) is 8.42 Å². The highest BCUT2D eigenvalue weighted by atomic mass is 32.3. The molecule has 0 fully saturated rings. The van der Waals surface area contributed by atoms with E-state index in [2.05, 4.69) is 15.4 Å². The molecule has 0 radical (unpaired) electrons. The first-order valence-electron chi connectivity index (χ1n) is 10.4. The van der Waals surface area contributed by atoms with Crippen molar-refractivity contribution in [3.8, 4) is 0 Å². The van der Waals surface area contributed by atoms with Crippen LogP contribution in [0.4, 0.5) is 0 Å². The molecule has 0 spiro atoms. The molecule has 0 aliphatic rings. The smallest absolute Gasteiger partial charge is 0.379 e. The molecule has 0 saturated heterocycles. The van der Waals surface area contributed by atoms with Gasteiger partial charge in [0.15, 0.2) is 0 Å². The van der Waals surface area contributed by atoms with Gasteiger partial charge in [0.1, 0.15) is 0 Å². The molecule has 0 aromatic rings. The van der Waals surface area contributed by atoms with E-state index in [4.69, 9.17) is 9.62 Å². The van der Waals surface area contributed by atoms with Crippen LogP contribution in [0.3, 0.4) is 0 Å².